The number of nitrogens with zero attached hydrogens (tertiary/aromatic N) is 3. The predicted octanol–water partition coefficient (Wildman–Crippen LogP) is 1.90. The summed E-state index contributed by atoms with van der Waals surface area (Å²) in [7, 11) is 0. The average Bonchev–Trinajstić information content (AvgIpc) is 3.36. The van der Waals surface area contributed by atoms with E-state index in [4.69, 9.17) is 18.9 Å². The minimum absolute atomic E-state index is 0.242. The maximum absolute atomic E-state index is 13.8. The van der Waals surface area contributed by atoms with Crippen LogP contribution in [0.1, 0.15) is 16.7 Å². The molecular weight excluding hydrogens is 542 g/mol. The van der Waals surface area contributed by atoms with Crippen molar-refractivity contribution < 1.29 is 38.4 Å². The molecule has 11 nitrogen and oxygen atoms in total. The summed E-state index contributed by atoms with van der Waals surface area (Å²) in [5, 5.41) is 9.94. The fourth-order valence-corrected chi connectivity index (χ4v) is 5.78. The first kappa shape index (κ1) is 30.0. The van der Waals surface area contributed by atoms with E-state index in [1.807, 2.05) is 18.2 Å². The SMILES string of the molecule is O=C(O)N1CC(=O)N2CCOCCOCCN(C(=O)C1)C(Cc1cccc3c1Cc1ccccc1-3)COCCOCC2. The van der Waals surface area contributed by atoms with Gasteiger partial charge in [0, 0.05) is 19.6 Å². The van der Waals surface area contributed by atoms with Crippen LogP contribution >= 0.6 is 0 Å². The van der Waals surface area contributed by atoms with Crippen LogP contribution in [0.25, 0.3) is 11.1 Å². The van der Waals surface area contributed by atoms with Gasteiger partial charge >= 0.3 is 6.09 Å². The van der Waals surface area contributed by atoms with Gasteiger partial charge in [0.05, 0.1) is 58.9 Å². The van der Waals surface area contributed by atoms with Gasteiger partial charge in [0.1, 0.15) is 13.1 Å². The lowest BCUT2D eigenvalue weighted by Gasteiger charge is -2.34. The zero-order valence-corrected chi connectivity index (χ0v) is 23.9. The van der Waals surface area contributed by atoms with Crippen molar-refractivity contribution in [1.82, 2.24) is 14.7 Å². The number of amides is 3. The van der Waals surface area contributed by atoms with E-state index in [0.29, 0.717) is 32.8 Å². The number of fused-ring (bicyclic) bond motifs is 9. The van der Waals surface area contributed by atoms with Crippen LogP contribution in [0.3, 0.4) is 0 Å². The van der Waals surface area contributed by atoms with E-state index in [2.05, 4.69) is 24.3 Å². The molecule has 3 amide bonds. The average molecular weight is 582 g/mol. The highest BCUT2D eigenvalue weighted by molar-refractivity contribution is 5.86. The van der Waals surface area contributed by atoms with Crippen molar-refractivity contribution in [2.24, 2.45) is 0 Å². The van der Waals surface area contributed by atoms with Crippen LogP contribution in [-0.2, 0) is 41.4 Å². The molecule has 0 spiro atoms. The van der Waals surface area contributed by atoms with Gasteiger partial charge in [0.15, 0.2) is 0 Å². The molecule has 5 rings (SSSR count). The topological polar surface area (TPSA) is 118 Å². The molecule has 2 aromatic rings. The second-order valence-electron chi connectivity index (χ2n) is 10.7. The molecule has 2 heterocycles. The maximum Gasteiger partial charge on any atom is 0.408 e. The molecule has 0 aromatic heterocycles. The summed E-state index contributed by atoms with van der Waals surface area (Å²) >= 11 is 0. The molecule has 2 saturated heterocycles. The highest BCUT2D eigenvalue weighted by Gasteiger charge is 2.31. The van der Waals surface area contributed by atoms with Crippen molar-refractivity contribution in [1.29, 1.82) is 0 Å². The number of carboxylic acid groups (broad SMARTS) is 1. The first-order valence-corrected chi connectivity index (χ1v) is 14.6. The Morgan fingerprint density at radius 1 is 0.762 bits per heavy atom. The van der Waals surface area contributed by atoms with Crippen molar-refractivity contribution in [2.45, 2.75) is 18.9 Å². The summed E-state index contributed by atoms with van der Waals surface area (Å²) in [4.78, 5) is 43.2. The minimum atomic E-state index is -1.33. The minimum Gasteiger partial charge on any atom is -0.465 e. The van der Waals surface area contributed by atoms with Gasteiger partial charge in [-0.2, -0.15) is 0 Å². The first-order chi connectivity index (χ1) is 20.5. The quantitative estimate of drug-likeness (QED) is 0.456. The molecule has 1 N–H and O–H groups in total. The summed E-state index contributed by atoms with van der Waals surface area (Å²) in [6.45, 7) is 2.31. The van der Waals surface area contributed by atoms with Gasteiger partial charge in [0.25, 0.3) is 0 Å². The van der Waals surface area contributed by atoms with Crippen LogP contribution in [0.5, 0.6) is 0 Å². The van der Waals surface area contributed by atoms with E-state index in [0.717, 1.165) is 16.9 Å². The van der Waals surface area contributed by atoms with Gasteiger partial charge in [-0.05, 0) is 40.7 Å². The van der Waals surface area contributed by atoms with Crippen molar-refractivity contribution >= 4 is 17.9 Å². The van der Waals surface area contributed by atoms with Gasteiger partial charge in [0.2, 0.25) is 11.8 Å². The third kappa shape index (κ3) is 7.46. The Balaban J connectivity index is 1.45. The van der Waals surface area contributed by atoms with Crippen LogP contribution in [0, 0.1) is 0 Å². The number of benzene rings is 2. The molecule has 2 fully saturated rings. The Kier molecular flexibility index (Phi) is 10.4. The lowest BCUT2D eigenvalue weighted by atomic mass is 9.95. The summed E-state index contributed by atoms with van der Waals surface area (Å²) in [6.07, 6.45) is -0.00138. The van der Waals surface area contributed by atoms with E-state index < -0.39 is 37.0 Å². The van der Waals surface area contributed by atoms with Gasteiger partial charge in [-0.3, -0.25) is 14.5 Å². The maximum atomic E-state index is 13.8. The normalized spacial score (nSPS) is 21.5. The number of hydrogen-bond donors (Lipinski definition) is 1. The van der Waals surface area contributed by atoms with Crippen LogP contribution < -0.4 is 0 Å². The van der Waals surface area contributed by atoms with Crippen molar-refractivity contribution in [3.05, 3.63) is 59.2 Å². The standard InChI is InChI=1S/C31H39N3O8/c35-29-20-33(31(37)38)21-30(36)34-10-13-41-15-14-39-11-8-32(29)9-12-40-16-17-42-22-25(34)18-23-5-3-7-27-26-6-2-1-4-24(26)19-28(23)27/h1-7,25H,8-22H2,(H,37,38). The highest BCUT2D eigenvalue weighted by Crippen LogP contribution is 2.38. The summed E-state index contributed by atoms with van der Waals surface area (Å²) in [5.74, 6) is -0.806. The molecule has 42 heavy (non-hydrogen) atoms. The summed E-state index contributed by atoms with van der Waals surface area (Å²) in [6, 6.07) is 14.2. The highest BCUT2D eigenvalue weighted by atomic mass is 16.5. The van der Waals surface area contributed by atoms with Crippen LogP contribution in [0.15, 0.2) is 42.5 Å². The van der Waals surface area contributed by atoms with Gasteiger partial charge in [-0.25, -0.2) is 4.79 Å². The monoisotopic (exact) mass is 581 g/mol. The molecule has 0 radical (unpaired) electrons. The lowest BCUT2D eigenvalue weighted by Crippen LogP contribution is -2.52. The Morgan fingerprint density at radius 3 is 2.14 bits per heavy atom. The molecule has 2 aromatic carbocycles. The summed E-state index contributed by atoms with van der Waals surface area (Å²) < 4.78 is 23.2. The van der Waals surface area contributed by atoms with E-state index >= 15 is 0 Å². The number of rotatable bonds is 2. The van der Waals surface area contributed by atoms with Crippen molar-refractivity contribution in [3.63, 3.8) is 0 Å². The third-order valence-electron chi connectivity index (χ3n) is 7.98. The fourth-order valence-electron chi connectivity index (χ4n) is 5.78. The van der Waals surface area contributed by atoms with Crippen molar-refractivity contribution in [3.8, 4) is 11.1 Å². The Bertz CT molecular complexity index is 1250. The van der Waals surface area contributed by atoms with E-state index in [1.165, 1.54) is 27.2 Å². The zero-order chi connectivity index (χ0) is 29.3. The molecule has 1 unspecified atom stereocenters. The Hall–Kier alpha value is -3.51. The number of carbonyl (C=O) groups is 3. The molecule has 226 valence electrons. The first-order valence-electron chi connectivity index (χ1n) is 14.6. The molecule has 11 heteroatoms. The predicted molar refractivity (Wildman–Crippen MR) is 153 cm³/mol. The molecule has 2 aliphatic heterocycles. The van der Waals surface area contributed by atoms with Crippen molar-refractivity contribution in [2.75, 3.05) is 85.6 Å². The Morgan fingerprint density at radius 2 is 1.40 bits per heavy atom. The number of hydrogen-bond acceptors (Lipinski definition) is 7. The largest absolute Gasteiger partial charge is 0.465 e. The van der Waals surface area contributed by atoms with Crippen LogP contribution in [0.2, 0.25) is 0 Å². The molecule has 0 saturated carbocycles. The molecular formula is C31H39N3O8. The Labute approximate surface area is 245 Å². The van der Waals surface area contributed by atoms with E-state index in [9.17, 15) is 19.5 Å². The molecule has 1 aliphatic carbocycles. The van der Waals surface area contributed by atoms with Gasteiger partial charge in [-0.15, -0.1) is 0 Å². The third-order valence-corrected chi connectivity index (χ3v) is 7.98. The zero-order valence-electron chi connectivity index (χ0n) is 23.9. The second-order valence-corrected chi connectivity index (χ2v) is 10.7. The molecule has 1 atom stereocenters. The second kappa shape index (κ2) is 14.6. The fraction of sp³-hybridized carbons (Fsp3) is 0.516. The van der Waals surface area contributed by atoms with E-state index in [-0.39, 0.29) is 46.1 Å². The van der Waals surface area contributed by atoms with Gasteiger partial charge in [-0.1, -0.05) is 42.5 Å². The summed E-state index contributed by atoms with van der Waals surface area (Å²) in [5.41, 5.74) is 6.04. The lowest BCUT2D eigenvalue weighted by molar-refractivity contribution is -0.138. The molecule has 3 aliphatic rings. The van der Waals surface area contributed by atoms with Crippen LogP contribution in [-0.4, -0.2) is 129 Å². The van der Waals surface area contributed by atoms with Crippen LogP contribution in [0.4, 0.5) is 4.79 Å². The smallest absolute Gasteiger partial charge is 0.408 e. The number of carbonyl (C=O) groups excluding carboxylic acids is 2. The van der Waals surface area contributed by atoms with E-state index in [1.54, 1.807) is 4.90 Å². The molecule has 2 bridgehead atoms. The van der Waals surface area contributed by atoms with Gasteiger partial charge < -0.3 is 33.9 Å². The number of ether oxygens (including phenoxy) is 4.